The molecule has 2 nitrogen and oxygen atoms in total. The molecule has 0 aliphatic rings. The molecule has 0 aromatic heterocycles. The number of nitrogens with zero attached hydrogens (tertiary/aromatic N) is 1. The number of hydrogen-bond donors (Lipinski definition) is 1. The summed E-state index contributed by atoms with van der Waals surface area (Å²) in [6.45, 7) is 9.37. The monoisotopic (exact) mass is 334 g/mol. The van der Waals surface area contributed by atoms with Gasteiger partial charge in [-0.25, -0.2) is 8.78 Å². The molecule has 2 N–H and O–H groups in total. The molecule has 0 fully saturated rings. The van der Waals surface area contributed by atoms with Crippen LogP contribution in [0.25, 0.3) is 0 Å². The van der Waals surface area contributed by atoms with Crippen molar-refractivity contribution < 1.29 is 8.78 Å². The highest BCUT2D eigenvalue weighted by Crippen LogP contribution is 2.34. The standard InChI is InChI=1S/C14H21BrF2N2/c1-5-19(6-2)14(3,4)13(18)11-10(16)8-7-9(15)12(11)17/h7-8,13H,5-6,18H2,1-4H3. The molecule has 0 spiro atoms. The number of likely N-dealkylation sites (N-methyl/N-ethyl adjacent to an activating group) is 1. The second-order valence-electron chi connectivity index (χ2n) is 5.06. The van der Waals surface area contributed by atoms with Gasteiger partial charge in [-0.1, -0.05) is 13.8 Å². The van der Waals surface area contributed by atoms with E-state index in [-0.39, 0.29) is 10.0 Å². The van der Waals surface area contributed by atoms with Crippen molar-refractivity contribution in [1.82, 2.24) is 4.90 Å². The maximum atomic E-state index is 14.1. The molecule has 0 amide bonds. The highest BCUT2D eigenvalue weighted by molar-refractivity contribution is 9.10. The Hall–Kier alpha value is -0.520. The molecule has 1 unspecified atom stereocenters. The fraction of sp³-hybridized carbons (Fsp3) is 0.571. The first-order valence-corrected chi connectivity index (χ1v) is 7.20. The van der Waals surface area contributed by atoms with Crippen LogP contribution in [-0.2, 0) is 0 Å². The second-order valence-corrected chi connectivity index (χ2v) is 5.91. The zero-order valence-corrected chi connectivity index (χ0v) is 13.4. The largest absolute Gasteiger partial charge is 0.322 e. The van der Waals surface area contributed by atoms with E-state index in [0.29, 0.717) is 0 Å². The Kier molecular flexibility index (Phi) is 5.47. The van der Waals surface area contributed by atoms with Crippen molar-refractivity contribution in [1.29, 1.82) is 0 Å². The minimum atomic E-state index is -0.745. The molecule has 1 aromatic rings. The Morgan fingerprint density at radius 3 is 2.26 bits per heavy atom. The summed E-state index contributed by atoms with van der Waals surface area (Å²) < 4.78 is 28.3. The normalized spacial score (nSPS) is 13.9. The van der Waals surface area contributed by atoms with E-state index >= 15 is 0 Å². The fourth-order valence-corrected chi connectivity index (χ4v) is 2.76. The molecular weight excluding hydrogens is 314 g/mol. The topological polar surface area (TPSA) is 29.3 Å². The molecule has 1 aromatic carbocycles. The van der Waals surface area contributed by atoms with E-state index in [4.69, 9.17) is 5.73 Å². The van der Waals surface area contributed by atoms with Gasteiger partial charge in [0.1, 0.15) is 11.6 Å². The summed E-state index contributed by atoms with van der Waals surface area (Å²) in [5.41, 5.74) is 5.55. The number of benzene rings is 1. The molecular formula is C14H21BrF2N2. The van der Waals surface area contributed by atoms with Crippen LogP contribution in [0.3, 0.4) is 0 Å². The molecule has 0 heterocycles. The average Bonchev–Trinajstić information content (AvgIpc) is 2.35. The molecule has 108 valence electrons. The van der Waals surface area contributed by atoms with E-state index in [0.717, 1.165) is 13.1 Å². The maximum absolute atomic E-state index is 14.1. The van der Waals surface area contributed by atoms with Crippen LogP contribution < -0.4 is 5.73 Å². The van der Waals surface area contributed by atoms with Gasteiger partial charge in [-0.15, -0.1) is 0 Å². The van der Waals surface area contributed by atoms with Crippen LogP contribution in [0.4, 0.5) is 8.78 Å². The molecule has 1 atom stereocenters. The molecule has 0 saturated carbocycles. The van der Waals surface area contributed by atoms with Gasteiger partial charge < -0.3 is 5.73 Å². The molecule has 0 aliphatic carbocycles. The van der Waals surface area contributed by atoms with Gasteiger partial charge in [-0.2, -0.15) is 0 Å². The first-order valence-electron chi connectivity index (χ1n) is 6.41. The molecule has 19 heavy (non-hydrogen) atoms. The van der Waals surface area contributed by atoms with Gasteiger partial charge in [0.2, 0.25) is 0 Å². The Morgan fingerprint density at radius 1 is 1.26 bits per heavy atom. The summed E-state index contributed by atoms with van der Waals surface area (Å²) in [6.07, 6.45) is 0. The molecule has 0 aliphatic heterocycles. The van der Waals surface area contributed by atoms with E-state index in [2.05, 4.69) is 20.8 Å². The summed E-state index contributed by atoms with van der Waals surface area (Å²) in [4.78, 5) is 2.09. The van der Waals surface area contributed by atoms with Gasteiger partial charge in [0.05, 0.1) is 10.5 Å². The molecule has 5 heteroatoms. The van der Waals surface area contributed by atoms with Crippen molar-refractivity contribution in [2.45, 2.75) is 39.3 Å². The number of halogens is 3. The quantitative estimate of drug-likeness (QED) is 0.829. The molecule has 0 saturated heterocycles. The average molecular weight is 335 g/mol. The smallest absolute Gasteiger partial charge is 0.145 e. The van der Waals surface area contributed by atoms with Gasteiger partial charge in [0.15, 0.2) is 0 Å². The first kappa shape index (κ1) is 16.5. The van der Waals surface area contributed by atoms with Crippen LogP contribution >= 0.6 is 15.9 Å². The fourth-order valence-electron chi connectivity index (χ4n) is 2.42. The lowest BCUT2D eigenvalue weighted by Crippen LogP contribution is -2.51. The Bertz CT molecular complexity index is 445. The van der Waals surface area contributed by atoms with Crippen LogP contribution in [0, 0.1) is 11.6 Å². The SMILES string of the molecule is CCN(CC)C(C)(C)C(N)c1c(F)ccc(Br)c1F. The highest BCUT2D eigenvalue weighted by Gasteiger charge is 2.36. The molecule has 1 rings (SSSR count). The van der Waals surface area contributed by atoms with Crippen LogP contribution in [0.15, 0.2) is 16.6 Å². The predicted molar refractivity (Wildman–Crippen MR) is 78.0 cm³/mol. The lowest BCUT2D eigenvalue weighted by atomic mass is 9.87. The molecule has 0 bridgehead atoms. The summed E-state index contributed by atoms with van der Waals surface area (Å²) >= 11 is 3.08. The summed E-state index contributed by atoms with van der Waals surface area (Å²) in [5, 5.41) is 0. The summed E-state index contributed by atoms with van der Waals surface area (Å²) in [7, 11) is 0. The third-order valence-electron chi connectivity index (χ3n) is 3.73. The lowest BCUT2D eigenvalue weighted by Gasteiger charge is -2.42. The van der Waals surface area contributed by atoms with E-state index in [1.165, 1.54) is 12.1 Å². The first-order chi connectivity index (χ1) is 8.77. The lowest BCUT2D eigenvalue weighted by molar-refractivity contribution is 0.104. The van der Waals surface area contributed by atoms with Gasteiger partial charge in [-0.05, 0) is 55.0 Å². The Morgan fingerprint density at radius 2 is 1.79 bits per heavy atom. The number of rotatable bonds is 5. The van der Waals surface area contributed by atoms with Gasteiger partial charge >= 0.3 is 0 Å². The maximum Gasteiger partial charge on any atom is 0.145 e. The number of nitrogens with two attached hydrogens (primary N) is 1. The van der Waals surface area contributed by atoms with Crippen molar-refractivity contribution in [3.8, 4) is 0 Å². The minimum absolute atomic E-state index is 0.0636. The van der Waals surface area contributed by atoms with Crippen LogP contribution in [0.2, 0.25) is 0 Å². The van der Waals surface area contributed by atoms with E-state index in [1.807, 2.05) is 27.7 Å². The highest BCUT2D eigenvalue weighted by atomic mass is 79.9. The Balaban J connectivity index is 3.26. The van der Waals surface area contributed by atoms with Gasteiger partial charge in [0.25, 0.3) is 0 Å². The van der Waals surface area contributed by atoms with E-state index in [1.54, 1.807) is 0 Å². The van der Waals surface area contributed by atoms with Crippen LogP contribution in [0.1, 0.15) is 39.3 Å². The van der Waals surface area contributed by atoms with Crippen molar-refractivity contribution >= 4 is 15.9 Å². The van der Waals surface area contributed by atoms with Crippen LogP contribution in [-0.4, -0.2) is 23.5 Å². The van der Waals surface area contributed by atoms with Crippen molar-refractivity contribution in [2.24, 2.45) is 5.73 Å². The van der Waals surface area contributed by atoms with Gasteiger partial charge in [0, 0.05) is 11.1 Å². The number of hydrogen-bond acceptors (Lipinski definition) is 2. The zero-order valence-electron chi connectivity index (χ0n) is 11.8. The van der Waals surface area contributed by atoms with Crippen molar-refractivity contribution in [2.75, 3.05) is 13.1 Å². The van der Waals surface area contributed by atoms with Gasteiger partial charge in [-0.3, -0.25) is 4.90 Å². The van der Waals surface area contributed by atoms with Crippen molar-refractivity contribution in [3.63, 3.8) is 0 Å². The summed E-state index contributed by atoms with van der Waals surface area (Å²) in [5.74, 6) is -1.22. The molecule has 0 radical (unpaired) electrons. The van der Waals surface area contributed by atoms with Crippen LogP contribution in [0.5, 0.6) is 0 Å². The summed E-state index contributed by atoms with van der Waals surface area (Å²) in [6, 6.07) is 1.84. The van der Waals surface area contributed by atoms with Crippen molar-refractivity contribution in [3.05, 3.63) is 33.8 Å². The minimum Gasteiger partial charge on any atom is -0.322 e. The predicted octanol–water partition coefficient (Wildman–Crippen LogP) is 3.85. The second kappa shape index (κ2) is 6.29. The third-order valence-corrected chi connectivity index (χ3v) is 4.34. The third kappa shape index (κ3) is 3.15. The van der Waals surface area contributed by atoms with E-state index in [9.17, 15) is 8.78 Å². The zero-order chi connectivity index (χ0) is 14.8. The Labute approximate surface area is 122 Å². The van der Waals surface area contributed by atoms with E-state index < -0.39 is 23.2 Å².